The van der Waals surface area contributed by atoms with Gasteiger partial charge in [-0.3, -0.25) is 0 Å². The van der Waals surface area contributed by atoms with Crippen molar-refractivity contribution in [1.82, 2.24) is 5.32 Å². The summed E-state index contributed by atoms with van der Waals surface area (Å²) in [7, 11) is -2.93. The maximum Gasteiger partial charge on any atom is 0.154 e. The molecule has 0 saturated heterocycles. The van der Waals surface area contributed by atoms with Crippen LogP contribution in [0.4, 0.5) is 0 Å². The molecule has 1 saturated carbocycles. The van der Waals surface area contributed by atoms with E-state index in [9.17, 15) is 8.42 Å². The molecular formula is C13H27NO2S. The van der Waals surface area contributed by atoms with Crippen LogP contribution in [0.15, 0.2) is 0 Å². The third-order valence-electron chi connectivity index (χ3n) is 3.70. The van der Waals surface area contributed by atoms with Crippen molar-refractivity contribution < 1.29 is 8.42 Å². The fourth-order valence-corrected chi connectivity index (χ4v) is 4.88. The van der Waals surface area contributed by atoms with Crippen LogP contribution in [-0.2, 0) is 9.84 Å². The SMILES string of the molecule is CCNC(CS(=O)(=O)C1CCCC1)C(C)(C)C. The lowest BCUT2D eigenvalue weighted by molar-refractivity contribution is 0.291. The summed E-state index contributed by atoms with van der Waals surface area (Å²) in [6.07, 6.45) is 3.88. The van der Waals surface area contributed by atoms with E-state index in [-0.39, 0.29) is 22.5 Å². The largest absolute Gasteiger partial charge is 0.313 e. The predicted molar refractivity (Wildman–Crippen MR) is 73.0 cm³/mol. The molecule has 0 aliphatic heterocycles. The summed E-state index contributed by atoms with van der Waals surface area (Å²) in [5.41, 5.74) is -0.0122. The van der Waals surface area contributed by atoms with Gasteiger partial charge in [-0.15, -0.1) is 0 Å². The molecule has 3 nitrogen and oxygen atoms in total. The molecule has 1 unspecified atom stereocenters. The van der Waals surface area contributed by atoms with Crippen LogP contribution in [0.5, 0.6) is 0 Å². The average molecular weight is 261 g/mol. The Morgan fingerprint density at radius 2 is 1.76 bits per heavy atom. The molecule has 1 fully saturated rings. The van der Waals surface area contributed by atoms with Gasteiger partial charge in [0.25, 0.3) is 0 Å². The second-order valence-corrected chi connectivity index (χ2v) is 8.54. The van der Waals surface area contributed by atoms with E-state index in [2.05, 4.69) is 26.1 Å². The summed E-state index contributed by atoms with van der Waals surface area (Å²) in [5, 5.41) is 3.25. The predicted octanol–water partition coefficient (Wildman–Crippen LogP) is 2.37. The molecule has 0 aromatic heterocycles. The fraction of sp³-hybridized carbons (Fsp3) is 1.00. The van der Waals surface area contributed by atoms with Crippen LogP contribution < -0.4 is 5.32 Å². The molecule has 1 atom stereocenters. The monoisotopic (exact) mass is 261 g/mol. The highest BCUT2D eigenvalue weighted by Crippen LogP contribution is 2.28. The molecular weight excluding hydrogens is 234 g/mol. The van der Waals surface area contributed by atoms with Crippen LogP contribution in [0.2, 0.25) is 0 Å². The lowest BCUT2D eigenvalue weighted by Gasteiger charge is -2.32. The van der Waals surface area contributed by atoms with Crippen molar-refractivity contribution in [2.45, 2.75) is 64.7 Å². The van der Waals surface area contributed by atoms with Crippen LogP contribution in [-0.4, -0.2) is 32.0 Å². The van der Waals surface area contributed by atoms with Crippen LogP contribution in [0, 0.1) is 5.41 Å². The molecule has 0 bridgehead atoms. The van der Waals surface area contributed by atoms with Crippen LogP contribution >= 0.6 is 0 Å². The van der Waals surface area contributed by atoms with E-state index in [1.54, 1.807) is 0 Å². The quantitative estimate of drug-likeness (QED) is 0.826. The molecule has 0 radical (unpaired) electrons. The molecule has 1 rings (SSSR count). The first-order chi connectivity index (χ1) is 7.77. The minimum absolute atomic E-state index is 0.0122. The lowest BCUT2D eigenvalue weighted by Crippen LogP contribution is -2.46. The Labute approximate surface area is 106 Å². The molecule has 4 heteroatoms. The molecule has 0 spiro atoms. The molecule has 0 aromatic carbocycles. The van der Waals surface area contributed by atoms with E-state index in [0.717, 1.165) is 32.2 Å². The minimum Gasteiger partial charge on any atom is -0.313 e. The topological polar surface area (TPSA) is 46.2 Å². The van der Waals surface area contributed by atoms with Crippen molar-refractivity contribution in [2.75, 3.05) is 12.3 Å². The van der Waals surface area contributed by atoms with E-state index < -0.39 is 9.84 Å². The number of rotatable bonds is 5. The fourth-order valence-electron chi connectivity index (χ4n) is 2.48. The minimum atomic E-state index is -2.93. The van der Waals surface area contributed by atoms with Gasteiger partial charge in [-0.1, -0.05) is 40.5 Å². The Bertz CT molecular complexity index is 324. The van der Waals surface area contributed by atoms with E-state index in [1.165, 1.54) is 0 Å². The molecule has 17 heavy (non-hydrogen) atoms. The standard InChI is InChI=1S/C13H27NO2S/c1-5-14-12(13(2,3)4)10-17(15,16)11-8-6-7-9-11/h11-12,14H,5-10H2,1-4H3. The van der Waals surface area contributed by atoms with Crippen LogP contribution in [0.1, 0.15) is 53.4 Å². The molecule has 102 valence electrons. The Morgan fingerprint density at radius 1 is 1.24 bits per heavy atom. The zero-order valence-corrected chi connectivity index (χ0v) is 12.4. The van der Waals surface area contributed by atoms with Gasteiger partial charge >= 0.3 is 0 Å². The van der Waals surface area contributed by atoms with Crippen molar-refractivity contribution in [3.63, 3.8) is 0 Å². The first-order valence-corrected chi connectivity index (χ1v) is 8.44. The van der Waals surface area contributed by atoms with E-state index in [1.807, 2.05) is 6.92 Å². The summed E-state index contributed by atoms with van der Waals surface area (Å²) in [5.74, 6) is 0.287. The van der Waals surface area contributed by atoms with E-state index >= 15 is 0 Å². The van der Waals surface area contributed by atoms with Crippen molar-refractivity contribution in [1.29, 1.82) is 0 Å². The molecule has 0 amide bonds. The Kier molecular flexibility index (Phi) is 5.02. The Morgan fingerprint density at radius 3 is 2.18 bits per heavy atom. The van der Waals surface area contributed by atoms with Gasteiger partial charge in [0.05, 0.1) is 11.0 Å². The highest BCUT2D eigenvalue weighted by Gasteiger charge is 2.34. The van der Waals surface area contributed by atoms with E-state index in [0.29, 0.717) is 0 Å². The van der Waals surface area contributed by atoms with Gasteiger partial charge in [0.15, 0.2) is 9.84 Å². The maximum absolute atomic E-state index is 12.3. The van der Waals surface area contributed by atoms with Gasteiger partial charge in [0, 0.05) is 6.04 Å². The van der Waals surface area contributed by atoms with Gasteiger partial charge in [0.2, 0.25) is 0 Å². The van der Waals surface area contributed by atoms with Crippen LogP contribution in [0.25, 0.3) is 0 Å². The molecule has 1 N–H and O–H groups in total. The molecule has 1 aliphatic rings. The average Bonchev–Trinajstić information content (AvgIpc) is 2.68. The Balaban J connectivity index is 2.72. The van der Waals surface area contributed by atoms with Crippen molar-refractivity contribution in [2.24, 2.45) is 5.41 Å². The number of sulfone groups is 1. The molecule has 1 aliphatic carbocycles. The zero-order chi connectivity index (χ0) is 13.1. The lowest BCUT2D eigenvalue weighted by atomic mass is 9.88. The second kappa shape index (κ2) is 5.70. The van der Waals surface area contributed by atoms with Gasteiger partial charge in [-0.2, -0.15) is 0 Å². The highest BCUT2D eigenvalue weighted by molar-refractivity contribution is 7.92. The summed E-state index contributed by atoms with van der Waals surface area (Å²) in [6.45, 7) is 9.16. The maximum atomic E-state index is 12.3. The summed E-state index contributed by atoms with van der Waals surface area (Å²) in [6, 6.07) is 0.0538. The smallest absolute Gasteiger partial charge is 0.154 e. The summed E-state index contributed by atoms with van der Waals surface area (Å²) >= 11 is 0. The Hall–Kier alpha value is -0.0900. The van der Waals surface area contributed by atoms with Crippen molar-refractivity contribution >= 4 is 9.84 Å². The first kappa shape index (κ1) is 15.0. The second-order valence-electron chi connectivity index (χ2n) is 6.21. The number of hydrogen-bond acceptors (Lipinski definition) is 3. The van der Waals surface area contributed by atoms with Crippen molar-refractivity contribution in [3.05, 3.63) is 0 Å². The normalized spacial score (nSPS) is 20.7. The molecule has 0 heterocycles. The van der Waals surface area contributed by atoms with Gasteiger partial charge in [-0.25, -0.2) is 8.42 Å². The van der Waals surface area contributed by atoms with Gasteiger partial charge in [0.1, 0.15) is 0 Å². The zero-order valence-electron chi connectivity index (χ0n) is 11.6. The summed E-state index contributed by atoms with van der Waals surface area (Å²) < 4.78 is 24.6. The van der Waals surface area contributed by atoms with Gasteiger partial charge < -0.3 is 5.32 Å². The van der Waals surface area contributed by atoms with Crippen LogP contribution in [0.3, 0.4) is 0 Å². The number of hydrogen-bond donors (Lipinski definition) is 1. The highest BCUT2D eigenvalue weighted by atomic mass is 32.2. The van der Waals surface area contributed by atoms with Gasteiger partial charge in [-0.05, 0) is 24.8 Å². The third-order valence-corrected chi connectivity index (χ3v) is 5.99. The third kappa shape index (κ3) is 4.25. The first-order valence-electron chi connectivity index (χ1n) is 6.72. The number of nitrogens with one attached hydrogen (secondary N) is 1. The van der Waals surface area contributed by atoms with E-state index in [4.69, 9.17) is 0 Å². The molecule has 0 aromatic rings. The summed E-state index contributed by atoms with van der Waals surface area (Å²) in [4.78, 5) is 0. The van der Waals surface area contributed by atoms with Crippen molar-refractivity contribution in [3.8, 4) is 0 Å².